The van der Waals surface area contributed by atoms with Gasteiger partial charge in [-0.2, -0.15) is 0 Å². The van der Waals surface area contributed by atoms with Crippen LogP contribution >= 0.6 is 12.2 Å². The number of nitrogens with zero attached hydrogens (tertiary/aromatic N) is 3. The van der Waals surface area contributed by atoms with Crippen molar-refractivity contribution in [3.8, 4) is 0 Å². The van der Waals surface area contributed by atoms with Gasteiger partial charge in [0.1, 0.15) is 30.0 Å². The summed E-state index contributed by atoms with van der Waals surface area (Å²) in [6.45, 7) is 2.56. The second-order valence-electron chi connectivity index (χ2n) is 5.70. The Morgan fingerprint density at radius 2 is 2.08 bits per heavy atom. The first-order chi connectivity index (χ1) is 12.4. The number of carbonyl (C=O) groups excluding carboxylic acids is 2. The van der Waals surface area contributed by atoms with Crippen LogP contribution in [0.15, 0.2) is 12.7 Å². The van der Waals surface area contributed by atoms with Gasteiger partial charge in [-0.25, -0.2) is 9.97 Å². The number of imidazole rings is 1. The molecule has 0 spiro atoms. The molecule has 1 aliphatic heterocycles. The number of fused-ring (bicyclic) bond motifs is 1. The monoisotopic (exact) mass is 382 g/mol. The molecule has 0 unspecified atom stereocenters. The zero-order chi connectivity index (χ0) is 18.8. The lowest BCUT2D eigenvalue weighted by Crippen LogP contribution is -2.38. The summed E-state index contributed by atoms with van der Waals surface area (Å²) in [4.78, 5) is 33.9. The van der Waals surface area contributed by atoms with Crippen molar-refractivity contribution in [1.29, 1.82) is 0 Å². The standard InChI is InChI=1S/C15H18N4O6S/c1-7(20)23-4-9-11(22-3)12(24-8(2)21)15(25-9)19-6-18-10-13(19)16-5-17-14(10)26/h5-6,9,11-12,15H,4H2,1-3H3,(H,16,17,26)/t9-,11+,12+,15-/m1/s1. The first kappa shape index (κ1) is 18.4. The van der Waals surface area contributed by atoms with Gasteiger partial charge >= 0.3 is 11.9 Å². The van der Waals surface area contributed by atoms with E-state index in [1.54, 1.807) is 4.57 Å². The van der Waals surface area contributed by atoms with E-state index in [2.05, 4.69) is 15.0 Å². The smallest absolute Gasteiger partial charge is 0.303 e. The van der Waals surface area contributed by atoms with Gasteiger partial charge in [-0.1, -0.05) is 12.2 Å². The number of methoxy groups -OCH3 is 1. The molecule has 10 nitrogen and oxygen atoms in total. The Morgan fingerprint density at radius 1 is 1.31 bits per heavy atom. The Hall–Kier alpha value is -2.37. The van der Waals surface area contributed by atoms with Crippen molar-refractivity contribution in [2.24, 2.45) is 0 Å². The second kappa shape index (κ2) is 7.48. The molecule has 26 heavy (non-hydrogen) atoms. The van der Waals surface area contributed by atoms with Crippen molar-refractivity contribution in [2.45, 2.75) is 38.4 Å². The van der Waals surface area contributed by atoms with Crippen molar-refractivity contribution >= 4 is 35.3 Å². The van der Waals surface area contributed by atoms with E-state index in [1.165, 1.54) is 33.6 Å². The highest BCUT2D eigenvalue weighted by molar-refractivity contribution is 7.71. The summed E-state index contributed by atoms with van der Waals surface area (Å²) in [5, 5.41) is 0. The van der Waals surface area contributed by atoms with Crippen LogP contribution in [0.5, 0.6) is 0 Å². The van der Waals surface area contributed by atoms with E-state index in [1.807, 2.05) is 0 Å². The molecule has 0 aromatic carbocycles. The molecule has 1 saturated heterocycles. The molecule has 1 fully saturated rings. The van der Waals surface area contributed by atoms with E-state index < -0.39 is 36.5 Å². The molecule has 0 amide bonds. The molecule has 0 radical (unpaired) electrons. The van der Waals surface area contributed by atoms with Crippen molar-refractivity contribution in [3.63, 3.8) is 0 Å². The van der Waals surface area contributed by atoms with Gasteiger partial charge in [0, 0.05) is 21.0 Å². The highest BCUT2D eigenvalue weighted by Gasteiger charge is 2.49. The Morgan fingerprint density at radius 3 is 2.73 bits per heavy atom. The molecule has 0 aliphatic carbocycles. The molecule has 1 aliphatic rings. The SMILES string of the molecule is CO[C@@H]1[C@H](OC(C)=O)[C@H](n2cnc3c(=S)nc[nH]c32)O[C@@H]1COC(C)=O. The summed E-state index contributed by atoms with van der Waals surface area (Å²) >= 11 is 5.17. The van der Waals surface area contributed by atoms with Crippen molar-refractivity contribution < 1.29 is 28.5 Å². The number of rotatable bonds is 5. The summed E-state index contributed by atoms with van der Waals surface area (Å²) in [6.07, 6.45) is 0.183. The predicted molar refractivity (Wildman–Crippen MR) is 89.6 cm³/mol. The van der Waals surface area contributed by atoms with Crippen LogP contribution in [0.25, 0.3) is 11.2 Å². The third-order valence-electron chi connectivity index (χ3n) is 3.96. The number of H-pyrrole nitrogens is 1. The molecule has 1 N–H and O–H groups in total. The quantitative estimate of drug-likeness (QED) is 0.594. The summed E-state index contributed by atoms with van der Waals surface area (Å²) in [7, 11) is 1.47. The maximum absolute atomic E-state index is 11.6. The maximum atomic E-state index is 11.6. The zero-order valence-electron chi connectivity index (χ0n) is 14.4. The van der Waals surface area contributed by atoms with Gasteiger partial charge in [0.25, 0.3) is 0 Å². The van der Waals surface area contributed by atoms with Crippen LogP contribution in [0.2, 0.25) is 0 Å². The highest BCUT2D eigenvalue weighted by atomic mass is 32.1. The zero-order valence-corrected chi connectivity index (χ0v) is 15.2. The number of hydrogen-bond donors (Lipinski definition) is 1. The Balaban J connectivity index is 1.99. The van der Waals surface area contributed by atoms with Gasteiger partial charge < -0.3 is 23.9 Å². The highest BCUT2D eigenvalue weighted by Crippen LogP contribution is 2.35. The van der Waals surface area contributed by atoms with Crippen LogP contribution in [0, 0.1) is 4.64 Å². The molecule has 11 heteroatoms. The van der Waals surface area contributed by atoms with Crippen LogP contribution in [0.1, 0.15) is 20.1 Å². The lowest BCUT2D eigenvalue weighted by atomic mass is 10.1. The van der Waals surface area contributed by atoms with Crippen molar-refractivity contribution in [1.82, 2.24) is 19.5 Å². The lowest BCUT2D eigenvalue weighted by molar-refractivity contribution is -0.156. The van der Waals surface area contributed by atoms with Crippen LogP contribution in [-0.2, 0) is 28.5 Å². The van der Waals surface area contributed by atoms with Crippen LogP contribution < -0.4 is 0 Å². The second-order valence-corrected chi connectivity index (χ2v) is 6.09. The number of nitrogens with one attached hydrogen (secondary N) is 1. The molecule has 2 aromatic rings. The van der Waals surface area contributed by atoms with Crippen LogP contribution in [0.4, 0.5) is 0 Å². The number of aromatic nitrogens is 4. The minimum atomic E-state index is -0.773. The van der Waals surface area contributed by atoms with Gasteiger partial charge in [0.05, 0.1) is 12.7 Å². The fourth-order valence-electron chi connectivity index (χ4n) is 2.93. The van der Waals surface area contributed by atoms with Crippen molar-refractivity contribution in [2.75, 3.05) is 13.7 Å². The molecular weight excluding hydrogens is 364 g/mol. The van der Waals surface area contributed by atoms with E-state index in [0.29, 0.717) is 15.8 Å². The van der Waals surface area contributed by atoms with E-state index in [-0.39, 0.29) is 6.61 Å². The fourth-order valence-corrected chi connectivity index (χ4v) is 3.14. The number of aromatic amines is 1. The summed E-state index contributed by atoms with van der Waals surface area (Å²) in [6, 6.07) is 0. The lowest BCUT2D eigenvalue weighted by Gasteiger charge is -2.23. The number of esters is 2. The first-order valence-electron chi connectivity index (χ1n) is 7.81. The molecule has 0 saturated carbocycles. The fraction of sp³-hybridized carbons (Fsp3) is 0.533. The summed E-state index contributed by atoms with van der Waals surface area (Å²) in [5.74, 6) is -0.933. The van der Waals surface area contributed by atoms with Gasteiger partial charge in [-0.15, -0.1) is 0 Å². The number of ether oxygens (including phenoxy) is 4. The van der Waals surface area contributed by atoms with Crippen LogP contribution in [0.3, 0.4) is 0 Å². The van der Waals surface area contributed by atoms with Gasteiger partial charge in [-0.05, 0) is 0 Å². The molecule has 4 atom stereocenters. The molecule has 140 valence electrons. The molecule has 3 heterocycles. The van der Waals surface area contributed by atoms with Gasteiger partial charge in [-0.3, -0.25) is 14.2 Å². The summed E-state index contributed by atoms with van der Waals surface area (Å²) in [5.41, 5.74) is 1.06. The molecule has 2 aromatic heterocycles. The summed E-state index contributed by atoms with van der Waals surface area (Å²) < 4.78 is 23.9. The first-order valence-corrected chi connectivity index (χ1v) is 8.22. The van der Waals surface area contributed by atoms with E-state index in [4.69, 9.17) is 31.2 Å². The third-order valence-corrected chi connectivity index (χ3v) is 4.26. The van der Waals surface area contributed by atoms with E-state index in [0.717, 1.165) is 0 Å². The molecule has 3 rings (SSSR count). The van der Waals surface area contributed by atoms with E-state index >= 15 is 0 Å². The predicted octanol–water partition coefficient (Wildman–Crippen LogP) is 0.896. The molecular formula is C15H18N4O6S. The number of carbonyl (C=O) groups is 2. The Kier molecular flexibility index (Phi) is 5.30. The maximum Gasteiger partial charge on any atom is 0.303 e. The average molecular weight is 382 g/mol. The largest absolute Gasteiger partial charge is 0.463 e. The number of hydrogen-bond acceptors (Lipinski definition) is 9. The van der Waals surface area contributed by atoms with Gasteiger partial charge in [0.2, 0.25) is 0 Å². The van der Waals surface area contributed by atoms with Gasteiger partial charge in [0.15, 0.2) is 17.0 Å². The van der Waals surface area contributed by atoms with Crippen molar-refractivity contribution in [3.05, 3.63) is 17.3 Å². The minimum absolute atomic E-state index is 0.0354. The normalized spacial score (nSPS) is 25.3. The Labute approximate surface area is 153 Å². The van der Waals surface area contributed by atoms with Crippen LogP contribution in [-0.4, -0.2) is 63.5 Å². The Bertz CT molecular complexity index is 880. The van der Waals surface area contributed by atoms with E-state index in [9.17, 15) is 9.59 Å². The topological polar surface area (TPSA) is 118 Å². The molecule has 0 bridgehead atoms. The minimum Gasteiger partial charge on any atom is -0.463 e. The third kappa shape index (κ3) is 3.45. The average Bonchev–Trinajstić information content (AvgIpc) is 3.14.